The van der Waals surface area contributed by atoms with Gasteiger partial charge < -0.3 is 19.2 Å². The highest BCUT2D eigenvalue weighted by Gasteiger charge is 2.12. The van der Waals surface area contributed by atoms with E-state index in [-0.39, 0.29) is 12.5 Å². The van der Waals surface area contributed by atoms with E-state index in [1.54, 1.807) is 43.3 Å². The van der Waals surface area contributed by atoms with E-state index in [0.29, 0.717) is 34.8 Å². The summed E-state index contributed by atoms with van der Waals surface area (Å²) in [6, 6.07) is 11.4. The van der Waals surface area contributed by atoms with Gasteiger partial charge in [0.15, 0.2) is 6.61 Å². The lowest BCUT2D eigenvalue weighted by molar-refractivity contribution is -0.118. The lowest BCUT2D eigenvalue weighted by Gasteiger charge is -2.12. The van der Waals surface area contributed by atoms with E-state index in [1.807, 2.05) is 13.8 Å². The first-order valence-electron chi connectivity index (χ1n) is 9.63. The lowest BCUT2D eigenvalue weighted by atomic mass is 10.1. The van der Waals surface area contributed by atoms with Gasteiger partial charge in [0.2, 0.25) is 0 Å². The molecule has 7 nitrogen and oxygen atoms in total. The summed E-state index contributed by atoms with van der Waals surface area (Å²) in [5, 5.41) is 3.53. The predicted molar refractivity (Wildman–Crippen MR) is 113 cm³/mol. The van der Waals surface area contributed by atoms with Crippen LogP contribution in [0.4, 0.5) is 5.69 Å². The van der Waals surface area contributed by atoms with Crippen molar-refractivity contribution in [1.82, 2.24) is 0 Å². The normalized spacial score (nSPS) is 10.6. The summed E-state index contributed by atoms with van der Waals surface area (Å²) >= 11 is 0. The molecule has 0 aliphatic carbocycles. The Bertz CT molecular complexity index is 1130. The molecule has 0 fully saturated rings. The number of aryl methyl sites for hydroxylation is 2. The van der Waals surface area contributed by atoms with Crippen LogP contribution in [-0.4, -0.2) is 25.1 Å². The largest absolute Gasteiger partial charge is 0.483 e. The SMILES string of the molecule is CCCOC(=O)c1ccc(NC(=O)COc2ccc3c(C)cc(=O)oc3c2C)cc1. The number of esters is 1. The van der Waals surface area contributed by atoms with E-state index in [9.17, 15) is 14.4 Å². The number of carbonyl (C=O) groups is 2. The molecule has 0 aliphatic rings. The zero-order chi connectivity index (χ0) is 21.7. The number of carbonyl (C=O) groups excluding carboxylic acids is 2. The van der Waals surface area contributed by atoms with Crippen LogP contribution in [0.15, 0.2) is 51.7 Å². The fourth-order valence-corrected chi connectivity index (χ4v) is 2.96. The summed E-state index contributed by atoms with van der Waals surface area (Å²) in [5.41, 5.74) is 2.43. The lowest BCUT2D eigenvalue weighted by Crippen LogP contribution is -2.20. The highest BCUT2D eigenvalue weighted by Crippen LogP contribution is 2.28. The summed E-state index contributed by atoms with van der Waals surface area (Å²) in [4.78, 5) is 35.7. The Morgan fingerprint density at radius 1 is 1.07 bits per heavy atom. The quantitative estimate of drug-likeness (QED) is 0.468. The maximum absolute atomic E-state index is 12.2. The molecular weight excluding hydrogens is 386 g/mol. The van der Waals surface area contributed by atoms with Gasteiger partial charge in [0.05, 0.1) is 12.2 Å². The second-order valence-electron chi connectivity index (χ2n) is 6.86. The van der Waals surface area contributed by atoms with Crippen LogP contribution in [0.25, 0.3) is 11.0 Å². The van der Waals surface area contributed by atoms with E-state index in [2.05, 4.69) is 5.32 Å². The van der Waals surface area contributed by atoms with Crippen LogP contribution in [0.5, 0.6) is 5.75 Å². The van der Waals surface area contributed by atoms with Crippen LogP contribution in [0.3, 0.4) is 0 Å². The van der Waals surface area contributed by atoms with Crippen LogP contribution < -0.4 is 15.7 Å². The number of anilines is 1. The topological polar surface area (TPSA) is 94.8 Å². The fraction of sp³-hybridized carbons (Fsp3) is 0.261. The Balaban J connectivity index is 1.63. The fourth-order valence-electron chi connectivity index (χ4n) is 2.96. The first-order chi connectivity index (χ1) is 14.4. The summed E-state index contributed by atoms with van der Waals surface area (Å²) in [6.07, 6.45) is 0.752. The molecule has 3 aromatic rings. The van der Waals surface area contributed by atoms with Gasteiger partial charge in [0.1, 0.15) is 11.3 Å². The number of rotatable bonds is 7. The molecule has 156 valence electrons. The van der Waals surface area contributed by atoms with E-state index in [0.717, 1.165) is 17.4 Å². The van der Waals surface area contributed by atoms with Gasteiger partial charge in [-0.2, -0.15) is 0 Å². The molecule has 3 rings (SSSR count). The molecule has 0 spiro atoms. The standard InChI is InChI=1S/C23H23NO6/c1-4-11-28-23(27)16-5-7-17(8-6-16)24-20(25)13-29-19-10-9-18-14(2)12-21(26)30-22(18)15(19)3/h5-10,12H,4,11,13H2,1-3H3,(H,24,25). The van der Waals surface area contributed by atoms with Crippen molar-refractivity contribution < 1.29 is 23.5 Å². The smallest absolute Gasteiger partial charge is 0.338 e. The third-order valence-corrected chi connectivity index (χ3v) is 4.52. The van der Waals surface area contributed by atoms with Gasteiger partial charge >= 0.3 is 11.6 Å². The minimum absolute atomic E-state index is 0.220. The van der Waals surface area contributed by atoms with Gasteiger partial charge in [-0.25, -0.2) is 9.59 Å². The second kappa shape index (κ2) is 9.26. The number of benzene rings is 2. The molecule has 0 bridgehead atoms. The second-order valence-corrected chi connectivity index (χ2v) is 6.86. The minimum Gasteiger partial charge on any atom is -0.483 e. The van der Waals surface area contributed by atoms with Crippen molar-refractivity contribution in [2.75, 3.05) is 18.5 Å². The van der Waals surface area contributed by atoms with E-state index < -0.39 is 11.6 Å². The van der Waals surface area contributed by atoms with Crippen molar-refractivity contribution >= 4 is 28.5 Å². The number of hydrogen-bond acceptors (Lipinski definition) is 6. The third kappa shape index (κ3) is 4.86. The Morgan fingerprint density at radius 2 is 1.80 bits per heavy atom. The number of nitrogens with one attached hydrogen (secondary N) is 1. The monoisotopic (exact) mass is 409 g/mol. The number of hydrogen-bond donors (Lipinski definition) is 1. The minimum atomic E-state index is -0.431. The molecule has 0 radical (unpaired) electrons. The first-order valence-corrected chi connectivity index (χ1v) is 9.63. The van der Waals surface area contributed by atoms with Crippen LogP contribution >= 0.6 is 0 Å². The molecule has 0 atom stereocenters. The average Bonchev–Trinajstić information content (AvgIpc) is 2.72. The Morgan fingerprint density at radius 3 is 2.50 bits per heavy atom. The highest BCUT2D eigenvalue weighted by molar-refractivity contribution is 5.94. The Kier molecular flexibility index (Phi) is 6.51. The van der Waals surface area contributed by atoms with Gasteiger partial charge in [-0.05, 0) is 62.2 Å². The van der Waals surface area contributed by atoms with Gasteiger partial charge in [-0.15, -0.1) is 0 Å². The molecule has 0 unspecified atom stereocenters. The zero-order valence-corrected chi connectivity index (χ0v) is 17.1. The van der Waals surface area contributed by atoms with Crippen molar-refractivity contribution in [2.24, 2.45) is 0 Å². The summed E-state index contributed by atoms with van der Waals surface area (Å²) in [7, 11) is 0. The molecule has 0 aliphatic heterocycles. The highest BCUT2D eigenvalue weighted by atomic mass is 16.5. The van der Waals surface area contributed by atoms with E-state index in [1.165, 1.54) is 6.07 Å². The van der Waals surface area contributed by atoms with Crippen LogP contribution in [0.2, 0.25) is 0 Å². The Labute approximate surface area is 173 Å². The van der Waals surface area contributed by atoms with Gasteiger partial charge in [-0.1, -0.05) is 6.92 Å². The summed E-state index contributed by atoms with van der Waals surface area (Å²) in [6.45, 7) is 5.68. The predicted octanol–water partition coefficient (Wildman–Crippen LogP) is 3.99. The van der Waals surface area contributed by atoms with Crippen LogP contribution in [0, 0.1) is 13.8 Å². The van der Waals surface area contributed by atoms with Gasteiger partial charge in [0.25, 0.3) is 5.91 Å². The molecule has 0 saturated carbocycles. The molecule has 2 aromatic carbocycles. The summed E-state index contributed by atoms with van der Waals surface area (Å²) in [5.74, 6) is -0.298. The van der Waals surface area contributed by atoms with Crippen molar-refractivity contribution in [3.8, 4) is 5.75 Å². The van der Waals surface area contributed by atoms with Crippen molar-refractivity contribution in [2.45, 2.75) is 27.2 Å². The zero-order valence-electron chi connectivity index (χ0n) is 17.1. The molecule has 1 heterocycles. The molecular formula is C23H23NO6. The number of fused-ring (bicyclic) bond motifs is 1. The first kappa shape index (κ1) is 21.1. The van der Waals surface area contributed by atoms with Crippen LogP contribution in [0.1, 0.15) is 34.8 Å². The molecule has 0 saturated heterocycles. The van der Waals surface area contributed by atoms with E-state index in [4.69, 9.17) is 13.9 Å². The maximum Gasteiger partial charge on any atom is 0.338 e. The Hall–Kier alpha value is -3.61. The van der Waals surface area contributed by atoms with Crippen molar-refractivity contribution in [3.63, 3.8) is 0 Å². The molecule has 1 N–H and O–H groups in total. The average molecular weight is 409 g/mol. The maximum atomic E-state index is 12.2. The molecule has 1 amide bonds. The third-order valence-electron chi connectivity index (χ3n) is 4.52. The molecule has 1 aromatic heterocycles. The number of amides is 1. The van der Waals surface area contributed by atoms with Crippen molar-refractivity contribution in [1.29, 1.82) is 0 Å². The molecule has 7 heteroatoms. The van der Waals surface area contributed by atoms with Crippen LogP contribution in [-0.2, 0) is 9.53 Å². The van der Waals surface area contributed by atoms with Gasteiger partial charge in [0, 0.05) is 22.7 Å². The van der Waals surface area contributed by atoms with Gasteiger partial charge in [-0.3, -0.25) is 4.79 Å². The summed E-state index contributed by atoms with van der Waals surface area (Å²) < 4.78 is 16.0. The number of ether oxygens (including phenoxy) is 2. The van der Waals surface area contributed by atoms with E-state index >= 15 is 0 Å². The molecule has 30 heavy (non-hydrogen) atoms. The van der Waals surface area contributed by atoms with Crippen molar-refractivity contribution in [3.05, 3.63) is 69.6 Å².